The molecule has 1 aromatic rings. The van der Waals surface area contributed by atoms with Crippen LogP contribution in [0.5, 0.6) is 0 Å². The summed E-state index contributed by atoms with van der Waals surface area (Å²) in [6, 6.07) is 3.51. The van der Waals surface area contributed by atoms with Crippen LogP contribution in [0.3, 0.4) is 0 Å². The summed E-state index contributed by atoms with van der Waals surface area (Å²) < 4.78 is 14.6. The van der Waals surface area contributed by atoms with Gasteiger partial charge in [-0.15, -0.1) is 0 Å². The maximum absolute atomic E-state index is 14.1. The van der Waals surface area contributed by atoms with Gasteiger partial charge in [-0.05, 0) is 25.1 Å². The first-order chi connectivity index (χ1) is 9.86. The van der Waals surface area contributed by atoms with Gasteiger partial charge in [-0.25, -0.2) is 18.9 Å². The molecule has 0 aromatic heterocycles. The van der Waals surface area contributed by atoms with E-state index in [0.717, 1.165) is 6.07 Å². The van der Waals surface area contributed by atoms with Crippen molar-refractivity contribution in [1.82, 2.24) is 10.2 Å². The van der Waals surface area contributed by atoms with Crippen molar-refractivity contribution in [3.05, 3.63) is 45.3 Å². The summed E-state index contributed by atoms with van der Waals surface area (Å²) in [7, 11) is 0. The van der Waals surface area contributed by atoms with Crippen LogP contribution in [0.2, 0.25) is 0 Å². The van der Waals surface area contributed by atoms with Gasteiger partial charge in [0.15, 0.2) is 0 Å². The molecule has 1 heterocycles. The molecule has 0 saturated carbocycles. The van der Waals surface area contributed by atoms with E-state index in [9.17, 15) is 24.3 Å². The predicted octanol–water partition coefficient (Wildman–Crippen LogP) is 3.13. The summed E-state index contributed by atoms with van der Waals surface area (Å²) in [6.45, 7) is 1.46. The summed E-state index contributed by atoms with van der Waals surface area (Å²) in [5.41, 5.74) is 0.0934. The van der Waals surface area contributed by atoms with Crippen LogP contribution in [-0.4, -0.2) is 22.1 Å². The second-order valence-corrected chi connectivity index (χ2v) is 5.22. The molecular weight excluding hydrogens is 345 g/mol. The van der Waals surface area contributed by atoms with Crippen molar-refractivity contribution in [2.45, 2.75) is 13.0 Å². The van der Waals surface area contributed by atoms with Crippen molar-refractivity contribution < 1.29 is 19.1 Å². The number of halogens is 2. The maximum Gasteiger partial charge on any atom is 0.416 e. The van der Waals surface area contributed by atoms with E-state index < -0.39 is 24.0 Å². The van der Waals surface area contributed by atoms with Crippen LogP contribution in [0.1, 0.15) is 18.5 Å². The fourth-order valence-electron chi connectivity index (χ4n) is 2.10. The van der Waals surface area contributed by atoms with E-state index >= 15 is 0 Å². The molecule has 0 radical (unpaired) electrons. The summed E-state index contributed by atoms with van der Waals surface area (Å²) >= 11 is 3.16. The molecular formula is C13H9BrFN3O3. The summed E-state index contributed by atoms with van der Waals surface area (Å²) in [6.07, 6.45) is -1.57. The van der Waals surface area contributed by atoms with Crippen molar-refractivity contribution in [2.24, 2.45) is 0 Å². The Morgan fingerprint density at radius 1 is 1.57 bits per heavy atom. The Morgan fingerprint density at radius 2 is 2.24 bits per heavy atom. The molecule has 108 valence electrons. The number of nitrogens with one attached hydrogen (secondary N) is 1. The summed E-state index contributed by atoms with van der Waals surface area (Å²) in [5, 5.41) is 20.7. The fourth-order valence-corrected chi connectivity index (χ4v) is 2.48. The Balaban J connectivity index is 2.71. The average Bonchev–Trinajstić information content (AvgIpc) is 2.40. The average molecular weight is 354 g/mol. The van der Waals surface area contributed by atoms with Crippen molar-refractivity contribution in [3.8, 4) is 6.07 Å². The van der Waals surface area contributed by atoms with Crippen molar-refractivity contribution in [1.29, 1.82) is 5.26 Å². The molecule has 1 aromatic carbocycles. The zero-order chi connectivity index (χ0) is 15.7. The number of carbonyl (C=O) groups excluding carboxylic acids is 1. The monoisotopic (exact) mass is 353 g/mol. The van der Waals surface area contributed by atoms with E-state index in [1.54, 1.807) is 0 Å². The molecule has 1 atom stereocenters. The first-order valence-corrected chi connectivity index (χ1v) is 6.55. The van der Waals surface area contributed by atoms with Crippen molar-refractivity contribution in [3.63, 3.8) is 0 Å². The van der Waals surface area contributed by atoms with E-state index in [-0.39, 0.29) is 16.8 Å². The minimum Gasteiger partial charge on any atom is -0.465 e. The molecule has 1 aliphatic rings. The highest BCUT2D eigenvalue weighted by atomic mass is 79.9. The van der Waals surface area contributed by atoms with Gasteiger partial charge in [0.1, 0.15) is 11.9 Å². The number of rotatable bonds is 1. The number of nitriles is 1. The van der Waals surface area contributed by atoms with Gasteiger partial charge in [-0.2, -0.15) is 5.26 Å². The van der Waals surface area contributed by atoms with Gasteiger partial charge in [0, 0.05) is 15.7 Å². The van der Waals surface area contributed by atoms with Gasteiger partial charge in [0.2, 0.25) is 0 Å². The Labute approximate surface area is 127 Å². The molecule has 0 spiro atoms. The highest BCUT2D eigenvalue weighted by Crippen LogP contribution is 2.35. The number of urea groups is 1. The molecule has 21 heavy (non-hydrogen) atoms. The molecule has 6 nitrogen and oxygen atoms in total. The molecule has 2 N–H and O–H groups in total. The van der Waals surface area contributed by atoms with Crippen LogP contribution >= 0.6 is 15.9 Å². The van der Waals surface area contributed by atoms with Crippen LogP contribution in [0.25, 0.3) is 0 Å². The van der Waals surface area contributed by atoms with Gasteiger partial charge in [-0.1, -0.05) is 15.9 Å². The lowest BCUT2D eigenvalue weighted by molar-refractivity contribution is 0.135. The lowest BCUT2D eigenvalue weighted by Crippen LogP contribution is -2.49. The second-order valence-electron chi connectivity index (χ2n) is 4.30. The number of hydrogen-bond donors (Lipinski definition) is 2. The number of allylic oxidation sites excluding steroid dienone is 1. The van der Waals surface area contributed by atoms with Crippen LogP contribution < -0.4 is 5.32 Å². The zero-order valence-corrected chi connectivity index (χ0v) is 12.3. The van der Waals surface area contributed by atoms with Gasteiger partial charge in [-0.3, -0.25) is 0 Å². The first-order valence-electron chi connectivity index (χ1n) is 5.75. The Morgan fingerprint density at radius 3 is 2.81 bits per heavy atom. The highest BCUT2D eigenvalue weighted by molar-refractivity contribution is 9.10. The molecule has 1 unspecified atom stereocenters. The normalized spacial score (nSPS) is 18.3. The van der Waals surface area contributed by atoms with Gasteiger partial charge in [0.05, 0.1) is 11.6 Å². The van der Waals surface area contributed by atoms with Crippen LogP contribution in [0, 0.1) is 17.1 Å². The number of amides is 3. The lowest BCUT2D eigenvalue weighted by atomic mass is 9.94. The largest absolute Gasteiger partial charge is 0.465 e. The van der Waals surface area contributed by atoms with Crippen molar-refractivity contribution in [2.75, 3.05) is 0 Å². The SMILES string of the molecule is CC1=C(C#N)C(c2cc(Br)ccc2F)N(C(=O)O)C(=O)N1. The van der Waals surface area contributed by atoms with Crippen LogP contribution in [0.15, 0.2) is 33.9 Å². The summed E-state index contributed by atoms with van der Waals surface area (Å²) in [5.74, 6) is -0.704. The lowest BCUT2D eigenvalue weighted by Gasteiger charge is -2.33. The number of nitrogens with zero attached hydrogens (tertiary/aromatic N) is 2. The molecule has 0 aliphatic carbocycles. The fraction of sp³-hybridized carbons (Fsp3) is 0.154. The number of benzene rings is 1. The standard InChI is InChI=1S/C13H9BrFN3O3/c1-6-9(5-16)11(18(13(20)21)12(19)17-6)8-4-7(14)2-3-10(8)15/h2-4,11H,1H3,(H,17,19)(H,20,21). The zero-order valence-electron chi connectivity index (χ0n) is 10.7. The molecule has 0 saturated heterocycles. The van der Waals surface area contributed by atoms with E-state index in [2.05, 4.69) is 21.2 Å². The molecule has 1 aliphatic heterocycles. The molecule has 3 amide bonds. The molecule has 0 bridgehead atoms. The third kappa shape index (κ3) is 2.60. The smallest absolute Gasteiger partial charge is 0.416 e. The molecule has 0 fully saturated rings. The number of imide groups is 1. The van der Waals surface area contributed by atoms with Gasteiger partial charge < -0.3 is 10.4 Å². The van der Waals surface area contributed by atoms with Crippen LogP contribution in [0.4, 0.5) is 14.0 Å². The van der Waals surface area contributed by atoms with Gasteiger partial charge >= 0.3 is 12.1 Å². The minimum atomic E-state index is -1.57. The van der Waals surface area contributed by atoms with Gasteiger partial charge in [0.25, 0.3) is 0 Å². The maximum atomic E-state index is 14.1. The molecule has 8 heteroatoms. The van der Waals surface area contributed by atoms with E-state index in [4.69, 9.17) is 0 Å². The quantitative estimate of drug-likeness (QED) is 0.810. The number of carboxylic acid groups (broad SMARTS) is 1. The first kappa shape index (κ1) is 15.0. The third-order valence-electron chi connectivity index (χ3n) is 3.03. The highest BCUT2D eigenvalue weighted by Gasteiger charge is 2.40. The Hall–Kier alpha value is -2.40. The number of hydrogen-bond acceptors (Lipinski definition) is 3. The van der Waals surface area contributed by atoms with Crippen molar-refractivity contribution >= 4 is 28.1 Å². The summed E-state index contributed by atoms with van der Waals surface area (Å²) in [4.78, 5) is 23.6. The molecule has 2 rings (SSSR count). The minimum absolute atomic E-state index is 0.0333. The Kier molecular flexibility index (Phi) is 3.95. The predicted molar refractivity (Wildman–Crippen MR) is 73.5 cm³/mol. The topological polar surface area (TPSA) is 93.4 Å². The Bertz CT molecular complexity index is 711. The number of carbonyl (C=O) groups is 2. The van der Waals surface area contributed by atoms with E-state index in [1.807, 2.05) is 6.07 Å². The third-order valence-corrected chi connectivity index (χ3v) is 3.52. The second kappa shape index (κ2) is 5.54. The van der Waals surface area contributed by atoms with E-state index in [1.165, 1.54) is 19.1 Å². The van der Waals surface area contributed by atoms with E-state index in [0.29, 0.717) is 9.37 Å². The van der Waals surface area contributed by atoms with Crippen LogP contribution in [-0.2, 0) is 0 Å².